The van der Waals surface area contributed by atoms with Crippen molar-refractivity contribution in [2.45, 2.75) is 33.1 Å². The van der Waals surface area contributed by atoms with Crippen LogP contribution in [0.5, 0.6) is 0 Å². The first-order chi connectivity index (χ1) is 6.69. The van der Waals surface area contributed by atoms with Crippen LogP contribution in [0.25, 0.3) is 0 Å². The lowest BCUT2D eigenvalue weighted by molar-refractivity contribution is 0.182. The van der Waals surface area contributed by atoms with Gasteiger partial charge in [0.05, 0.1) is 5.75 Å². The monoisotopic (exact) mass is 229 g/mol. The SMILES string of the molecule is C=C1CC2CCC1(CS(N)(=O)=O)C2(C)C. The van der Waals surface area contributed by atoms with Gasteiger partial charge in [0.2, 0.25) is 10.0 Å². The van der Waals surface area contributed by atoms with Crippen molar-refractivity contribution in [2.75, 3.05) is 5.75 Å². The molecule has 0 radical (unpaired) electrons. The third-order valence-electron chi connectivity index (χ3n) is 4.79. The van der Waals surface area contributed by atoms with Crippen LogP contribution in [0.1, 0.15) is 33.1 Å². The lowest BCUT2D eigenvalue weighted by Crippen LogP contribution is -2.40. The number of primary sulfonamides is 1. The number of rotatable bonds is 2. The second kappa shape index (κ2) is 2.86. The summed E-state index contributed by atoms with van der Waals surface area (Å²) in [6.45, 7) is 8.39. The smallest absolute Gasteiger partial charge is 0.209 e. The number of sulfonamides is 1. The average Bonchev–Trinajstić information content (AvgIpc) is 2.34. The van der Waals surface area contributed by atoms with Crippen molar-refractivity contribution in [3.63, 3.8) is 0 Å². The van der Waals surface area contributed by atoms with Gasteiger partial charge in [-0.15, -0.1) is 0 Å². The van der Waals surface area contributed by atoms with Crippen LogP contribution in [0.15, 0.2) is 12.2 Å². The number of fused-ring (bicyclic) bond motifs is 2. The summed E-state index contributed by atoms with van der Waals surface area (Å²) in [5.41, 5.74) is 0.875. The van der Waals surface area contributed by atoms with Crippen molar-refractivity contribution in [2.24, 2.45) is 21.9 Å². The summed E-state index contributed by atoms with van der Waals surface area (Å²) in [6.07, 6.45) is 3.02. The molecule has 0 aromatic heterocycles. The van der Waals surface area contributed by atoms with Crippen molar-refractivity contribution in [3.05, 3.63) is 12.2 Å². The van der Waals surface area contributed by atoms with Crippen LogP contribution in [0.3, 0.4) is 0 Å². The summed E-state index contributed by atoms with van der Waals surface area (Å²) in [6, 6.07) is 0. The molecular weight excluding hydrogens is 210 g/mol. The molecule has 0 aliphatic heterocycles. The average molecular weight is 229 g/mol. The molecule has 2 aliphatic carbocycles. The molecule has 2 unspecified atom stereocenters. The van der Waals surface area contributed by atoms with Crippen LogP contribution in [-0.2, 0) is 10.0 Å². The van der Waals surface area contributed by atoms with Gasteiger partial charge in [-0.05, 0) is 30.6 Å². The Bertz CT molecular complexity index is 410. The maximum absolute atomic E-state index is 11.3. The van der Waals surface area contributed by atoms with E-state index in [1.807, 2.05) is 0 Å². The number of allylic oxidation sites excluding steroid dienone is 1. The quantitative estimate of drug-likeness (QED) is 0.732. The molecule has 2 saturated carbocycles. The van der Waals surface area contributed by atoms with Crippen LogP contribution in [-0.4, -0.2) is 14.2 Å². The zero-order valence-electron chi connectivity index (χ0n) is 9.41. The predicted molar refractivity (Wildman–Crippen MR) is 60.7 cm³/mol. The first-order valence-electron chi connectivity index (χ1n) is 5.38. The van der Waals surface area contributed by atoms with Crippen LogP contribution in [0, 0.1) is 16.7 Å². The minimum atomic E-state index is -3.42. The molecule has 0 saturated heterocycles. The molecule has 2 N–H and O–H groups in total. The van der Waals surface area contributed by atoms with E-state index in [-0.39, 0.29) is 16.6 Å². The highest BCUT2D eigenvalue weighted by atomic mass is 32.2. The van der Waals surface area contributed by atoms with E-state index in [1.165, 1.54) is 0 Å². The largest absolute Gasteiger partial charge is 0.229 e. The highest BCUT2D eigenvalue weighted by molar-refractivity contribution is 7.89. The second-order valence-corrected chi connectivity index (χ2v) is 7.27. The van der Waals surface area contributed by atoms with Gasteiger partial charge in [-0.3, -0.25) is 0 Å². The van der Waals surface area contributed by atoms with E-state index in [4.69, 9.17) is 5.14 Å². The predicted octanol–water partition coefficient (Wildman–Crippen LogP) is 1.66. The molecular formula is C11H19NO2S. The van der Waals surface area contributed by atoms with Crippen LogP contribution >= 0.6 is 0 Å². The molecule has 0 spiro atoms. The molecule has 2 fully saturated rings. The number of hydrogen-bond acceptors (Lipinski definition) is 2. The Kier molecular flexibility index (Phi) is 2.12. The summed E-state index contributed by atoms with van der Waals surface area (Å²) in [7, 11) is -3.42. The van der Waals surface area contributed by atoms with E-state index in [0.717, 1.165) is 24.8 Å². The summed E-state index contributed by atoms with van der Waals surface area (Å²) in [5.74, 6) is 0.661. The molecule has 2 aliphatic rings. The summed E-state index contributed by atoms with van der Waals surface area (Å²) in [4.78, 5) is 0. The summed E-state index contributed by atoms with van der Waals surface area (Å²) in [5, 5.41) is 5.21. The molecule has 0 amide bonds. The topological polar surface area (TPSA) is 60.2 Å². The third kappa shape index (κ3) is 1.38. The molecule has 15 heavy (non-hydrogen) atoms. The van der Waals surface area contributed by atoms with Crippen molar-refractivity contribution < 1.29 is 8.42 Å². The van der Waals surface area contributed by atoms with Gasteiger partial charge >= 0.3 is 0 Å². The van der Waals surface area contributed by atoms with Gasteiger partial charge in [-0.2, -0.15) is 0 Å². The molecule has 0 aromatic rings. The zero-order chi connectivity index (χ0) is 11.5. The first kappa shape index (κ1) is 11.1. The molecule has 2 atom stereocenters. The van der Waals surface area contributed by atoms with Crippen molar-refractivity contribution in [1.82, 2.24) is 0 Å². The molecule has 0 aromatic carbocycles. The molecule has 3 nitrogen and oxygen atoms in total. The highest BCUT2D eigenvalue weighted by Crippen LogP contribution is 2.67. The van der Waals surface area contributed by atoms with Gasteiger partial charge in [0.1, 0.15) is 0 Å². The van der Waals surface area contributed by atoms with E-state index in [9.17, 15) is 8.42 Å². The normalized spacial score (nSPS) is 38.6. The van der Waals surface area contributed by atoms with E-state index >= 15 is 0 Å². The lowest BCUT2D eigenvalue weighted by atomic mass is 9.69. The lowest BCUT2D eigenvalue weighted by Gasteiger charge is -2.38. The van der Waals surface area contributed by atoms with E-state index in [1.54, 1.807) is 0 Å². The molecule has 86 valence electrons. The zero-order valence-corrected chi connectivity index (χ0v) is 10.2. The van der Waals surface area contributed by atoms with Crippen molar-refractivity contribution in [1.29, 1.82) is 0 Å². The van der Waals surface area contributed by atoms with Gasteiger partial charge < -0.3 is 0 Å². The first-order valence-corrected chi connectivity index (χ1v) is 7.09. The van der Waals surface area contributed by atoms with E-state index < -0.39 is 10.0 Å². The maximum Gasteiger partial charge on any atom is 0.209 e. The van der Waals surface area contributed by atoms with E-state index in [0.29, 0.717) is 5.92 Å². The fourth-order valence-corrected chi connectivity index (χ4v) is 5.09. The standard InChI is InChI=1S/C11H19NO2S/c1-8-6-9-4-5-11(8,10(9,2)3)7-15(12,13)14/h9H,1,4-7H2,2-3H3,(H2,12,13,14). The fraction of sp³-hybridized carbons (Fsp3) is 0.818. The minimum Gasteiger partial charge on any atom is -0.229 e. The molecule has 0 heterocycles. The maximum atomic E-state index is 11.3. The van der Waals surface area contributed by atoms with E-state index in [2.05, 4.69) is 20.4 Å². The van der Waals surface area contributed by atoms with Gasteiger partial charge in [-0.1, -0.05) is 26.0 Å². The van der Waals surface area contributed by atoms with Crippen molar-refractivity contribution in [3.8, 4) is 0 Å². The van der Waals surface area contributed by atoms with Gasteiger partial charge in [-0.25, -0.2) is 13.6 Å². The van der Waals surface area contributed by atoms with Gasteiger partial charge in [0.25, 0.3) is 0 Å². The Balaban J connectivity index is 2.45. The Morgan fingerprint density at radius 1 is 1.53 bits per heavy atom. The summed E-state index contributed by atoms with van der Waals surface area (Å²) >= 11 is 0. The minimum absolute atomic E-state index is 0.0382. The Hall–Kier alpha value is -0.350. The van der Waals surface area contributed by atoms with Crippen LogP contribution in [0.2, 0.25) is 0 Å². The second-order valence-electron chi connectivity index (χ2n) is 5.65. The Morgan fingerprint density at radius 3 is 2.47 bits per heavy atom. The van der Waals surface area contributed by atoms with Crippen molar-refractivity contribution >= 4 is 10.0 Å². The van der Waals surface area contributed by atoms with Crippen LogP contribution in [0.4, 0.5) is 0 Å². The Morgan fingerprint density at radius 2 is 2.13 bits per heavy atom. The number of nitrogens with two attached hydrogens (primary N) is 1. The molecule has 2 rings (SSSR count). The van der Waals surface area contributed by atoms with Crippen LogP contribution < -0.4 is 5.14 Å². The van der Waals surface area contributed by atoms with Gasteiger partial charge in [0.15, 0.2) is 0 Å². The van der Waals surface area contributed by atoms with Gasteiger partial charge in [0, 0.05) is 5.41 Å². The molecule has 2 bridgehead atoms. The fourth-order valence-electron chi connectivity index (χ4n) is 3.68. The Labute approximate surface area is 91.8 Å². The molecule has 4 heteroatoms. The number of hydrogen-bond donors (Lipinski definition) is 1. The summed E-state index contributed by atoms with van der Waals surface area (Å²) < 4.78 is 22.7. The highest BCUT2D eigenvalue weighted by Gasteiger charge is 2.61. The third-order valence-corrected chi connectivity index (χ3v) is 5.69.